The average Bonchev–Trinajstić information content (AvgIpc) is 3.04. The summed E-state index contributed by atoms with van der Waals surface area (Å²) >= 11 is 0. The molecule has 11 heteroatoms. The van der Waals surface area contributed by atoms with E-state index in [4.69, 9.17) is 4.74 Å². The molecule has 0 saturated heterocycles. The van der Waals surface area contributed by atoms with Gasteiger partial charge in [-0.1, -0.05) is 0 Å². The smallest absolute Gasteiger partial charge is 0.376 e. The number of tetrazole rings is 1. The molecule has 3 heterocycles. The zero-order valence-corrected chi connectivity index (χ0v) is 11.0. The third-order valence-corrected chi connectivity index (χ3v) is 3.64. The van der Waals surface area contributed by atoms with Crippen molar-refractivity contribution < 1.29 is 19.1 Å². The largest absolute Gasteiger partial charge is 0.494 e. The first-order valence-corrected chi connectivity index (χ1v) is 6.98. The number of methoxy groups -OCH3 is 1. The van der Waals surface area contributed by atoms with Crippen LogP contribution in [0.15, 0.2) is 18.3 Å². The van der Waals surface area contributed by atoms with Crippen molar-refractivity contribution in [2.75, 3.05) is 7.11 Å². The maximum atomic E-state index is 11.6. The molecule has 0 unspecified atom stereocenters. The Morgan fingerprint density at radius 2 is 2.20 bits per heavy atom. The van der Waals surface area contributed by atoms with Crippen LogP contribution >= 0.6 is 7.60 Å². The molecule has 0 aliphatic carbocycles. The Bertz CT molecular complexity index is 807. The second kappa shape index (κ2) is 4.37. The van der Waals surface area contributed by atoms with Crippen molar-refractivity contribution in [2.24, 2.45) is 0 Å². The van der Waals surface area contributed by atoms with Crippen LogP contribution in [0.4, 0.5) is 0 Å². The molecular weight excluding hydrogens is 287 g/mol. The van der Waals surface area contributed by atoms with Gasteiger partial charge in [0.2, 0.25) is 0 Å². The predicted octanol–water partition coefficient (Wildman–Crippen LogP) is -0.674. The second-order valence-electron chi connectivity index (χ2n) is 3.87. The maximum absolute atomic E-state index is 11.6. The van der Waals surface area contributed by atoms with E-state index >= 15 is 0 Å². The van der Waals surface area contributed by atoms with Gasteiger partial charge in [-0.25, -0.2) is 10.1 Å². The van der Waals surface area contributed by atoms with Crippen LogP contribution in [0.25, 0.3) is 17.2 Å². The number of pyridine rings is 1. The van der Waals surface area contributed by atoms with E-state index in [-0.39, 0.29) is 11.2 Å². The van der Waals surface area contributed by atoms with Gasteiger partial charge in [0.05, 0.1) is 7.11 Å². The van der Waals surface area contributed by atoms with Crippen molar-refractivity contribution in [3.05, 3.63) is 18.3 Å². The Hall–Kier alpha value is -2.29. The molecule has 3 N–H and O–H groups in total. The van der Waals surface area contributed by atoms with Crippen LogP contribution in [0, 0.1) is 0 Å². The molecule has 0 spiro atoms. The first-order valence-electron chi connectivity index (χ1n) is 5.37. The van der Waals surface area contributed by atoms with Gasteiger partial charge in [-0.3, -0.25) is 8.97 Å². The van der Waals surface area contributed by atoms with Crippen LogP contribution in [0.2, 0.25) is 0 Å². The first kappa shape index (κ1) is 12.7. The van der Waals surface area contributed by atoms with Gasteiger partial charge >= 0.3 is 7.60 Å². The lowest BCUT2D eigenvalue weighted by molar-refractivity contribution is 0.378. The van der Waals surface area contributed by atoms with Crippen LogP contribution in [0.5, 0.6) is 5.75 Å². The van der Waals surface area contributed by atoms with E-state index in [1.165, 1.54) is 23.8 Å². The summed E-state index contributed by atoms with van der Waals surface area (Å²) in [4.78, 5) is 23.1. The van der Waals surface area contributed by atoms with Crippen LogP contribution in [-0.4, -0.2) is 46.9 Å². The summed E-state index contributed by atoms with van der Waals surface area (Å²) in [5.74, 6) is 0.370. The van der Waals surface area contributed by atoms with E-state index in [0.29, 0.717) is 17.2 Å². The third kappa shape index (κ3) is 1.95. The van der Waals surface area contributed by atoms with Gasteiger partial charge in [-0.05, 0) is 22.6 Å². The lowest BCUT2D eigenvalue weighted by Gasteiger charge is -2.11. The van der Waals surface area contributed by atoms with E-state index in [2.05, 4.69) is 25.6 Å². The number of H-pyrrole nitrogens is 1. The summed E-state index contributed by atoms with van der Waals surface area (Å²) in [6.45, 7) is 0. The number of aromatic nitrogens is 6. The zero-order valence-electron chi connectivity index (χ0n) is 10.1. The summed E-state index contributed by atoms with van der Waals surface area (Å²) < 4.78 is 17.9. The van der Waals surface area contributed by atoms with Crippen molar-refractivity contribution >= 4 is 18.7 Å². The molecule has 0 aliphatic heterocycles. The van der Waals surface area contributed by atoms with E-state index in [1.54, 1.807) is 6.07 Å². The second-order valence-corrected chi connectivity index (χ2v) is 5.39. The lowest BCUT2D eigenvalue weighted by atomic mass is 10.4. The number of ether oxygens (including phenoxy) is 1. The fourth-order valence-electron chi connectivity index (χ4n) is 1.85. The van der Waals surface area contributed by atoms with E-state index < -0.39 is 7.60 Å². The summed E-state index contributed by atoms with van der Waals surface area (Å²) in [5, 5.41) is 13.1. The van der Waals surface area contributed by atoms with Crippen LogP contribution in [-0.2, 0) is 4.57 Å². The molecule has 0 aliphatic rings. The van der Waals surface area contributed by atoms with Gasteiger partial charge in [0, 0.05) is 6.20 Å². The van der Waals surface area contributed by atoms with Gasteiger partial charge in [-0.2, -0.15) is 0 Å². The minimum atomic E-state index is -4.55. The van der Waals surface area contributed by atoms with Gasteiger partial charge < -0.3 is 14.5 Å². The highest BCUT2D eigenvalue weighted by Gasteiger charge is 2.27. The van der Waals surface area contributed by atoms with Gasteiger partial charge in [0.25, 0.3) is 0 Å². The molecule has 0 aromatic carbocycles. The highest BCUT2D eigenvalue weighted by atomic mass is 31.2. The Balaban J connectivity index is 2.32. The highest BCUT2D eigenvalue weighted by Crippen LogP contribution is 2.37. The van der Waals surface area contributed by atoms with Crippen LogP contribution in [0.1, 0.15) is 0 Å². The molecule has 0 atom stereocenters. The number of hydrogen-bond donors (Lipinski definition) is 3. The van der Waals surface area contributed by atoms with Crippen molar-refractivity contribution in [3.8, 4) is 17.3 Å². The average molecular weight is 296 g/mol. The molecule has 3 aromatic rings. The number of hydrogen-bond acceptors (Lipinski definition) is 6. The molecule has 3 rings (SSSR count). The molecule has 0 fully saturated rings. The molecule has 10 nitrogen and oxygen atoms in total. The quantitative estimate of drug-likeness (QED) is 0.541. The number of imidazole rings is 1. The number of nitrogens with one attached hydrogen (secondary N) is 1. The minimum absolute atomic E-state index is 0.0745. The molecule has 3 aromatic heterocycles. The van der Waals surface area contributed by atoms with Crippen LogP contribution in [0.3, 0.4) is 0 Å². The Morgan fingerprint density at radius 3 is 2.80 bits per heavy atom. The maximum Gasteiger partial charge on any atom is 0.376 e. The normalized spacial score (nSPS) is 11.9. The fourth-order valence-corrected chi connectivity index (χ4v) is 2.74. The molecule has 0 amide bonds. The molecule has 104 valence electrons. The van der Waals surface area contributed by atoms with Gasteiger partial charge in [-0.15, -0.1) is 5.10 Å². The van der Waals surface area contributed by atoms with Crippen molar-refractivity contribution in [2.45, 2.75) is 0 Å². The SMILES string of the molecule is COc1ccc2nc(-c3nnn[nH]3)cn2c1P(=O)(O)O. The highest BCUT2D eigenvalue weighted by molar-refractivity contribution is 7.60. The molecule has 0 bridgehead atoms. The Labute approximate surface area is 111 Å². The summed E-state index contributed by atoms with van der Waals surface area (Å²) in [6, 6.07) is 3.02. The van der Waals surface area contributed by atoms with Gasteiger partial charge in [0.15, 0.2) is 17.0 Å². The monoisotopic (exact) mass is 296 g/mol. The zero-order chi connectivity index (χ0) is 14.3. The van der Waals surface area contributed by atoms with Crippen molar-refractivity contribution in [1.82, 2.24) is 30.0 Å². The lowest BCUT2D eigenvalue weighted by Crippen LogP contribution is -2.16. The first-order chi connectivity index (χ1) is 9.50. The number of aromatic amines is 1. The predicted molar refractivity (Wildman–Crippen MR) is 66.6 cm³/mol. The van der Waals surface area contributed by atoms with Crippen molar-refractivity contribution in [3.63, 3.8) is 0 Å². The number of fused-ring (bicyclic) bond motifs is 1. The fraction of sp³-hybridized carbons (Fsp3) is 0.111. The topological polar surface area (TPSA) is 139 Å². The Kier molecular flexibility index (Phi) is 2.78. The van der Waals surface area contributed by atoms with E-state index in [0.717, 1.165) is 0 Å². The molecule has 0 saturated carbocycles. The number of rotatable bonds is 3. The summed E-state index contributed by atoms with van der Waals surface area (Å²) in [7, 11) is -3.21. The summed E-state index contributed by atoms with van der Waals surface area (Å²) in [5.41, 5.74) is 0.428. The number of nitrogens with zero attached hydrogens (tertiary/aromatic N) is 5. The van der Waals surface area contributed by atoms with Crippen LogP contribution < -0.4 is 10.2 Å². The van der Waals surface area contributed by atoms with Crippen molar-refractivity contribution in [1.29, 1.82) is 0 Å². The third-order valence-electron chi connectivity index (χ3n) is 2.65. The minimum Gasteiger partial charge on any atom is -0.494 e. The van der Waals surface area contributed by atoms with E-state index in [1.807, 2.05) is 0 Å². The van der Waals surface area contributed by atoms with Gasteiger partial charge in [0.1, 0.15) is 11.3 Å². The Morgan fingerprint density at radius 1 is 1.40 bits per heavy atom. The summed E-state index contributed by atoms with van der Waals surface area (Å²) in [6.07, 6.45) is 1.43. The molecule has 0 radical (unpaired) electrons. The molecular formula is C9H9N6O4P. The standard InChI is InChI=1S/C9H9N6O4P/c1-19-6-2-3-7-10-5(8-11-13-14-12-8)4-15(7)9(6)20(16,17)18/h2-4H,1H3,(H2,16,17,18)(H,11,12,13,14). The molecule has 20 heavy (non-hydrogen) atoms. The van der Waals surface area contributed by atoms with E-state index in [9.17, 15) is 14.4 Å².